The third-order valence-electron chi connectivity index (χ3n) is 4.49. The molecule has 0 saturated heterocycles. The predicted molar refractivity (Wildman–Crippen MR) is 114 cm³/mol. The van der Waals surface area contributed by atoms with Gasteiger partial charge in [0, 0.05) is 4.47 Å². The van der Waals surface area contributed by atoms with E-state index in [1.807, 2.05) is 45.0 Å². The number of rotatable bonds is 4. The molecule has 0 bridgehead atoms. The molecular formula is C20H19BrN4O3. The maximum Gasteiger partial charge on any atom is 0.335 e. The molecule has 7 nitrogen and oxygen atoms in total. The number of aryl methyl sites for hydroxylation is 1. The zero-order valence-electron chi connectivity index (χ0n) is 15.6. The molecule has 2 aromatic carbocycles. The van der Waals surface area contributed by atoms with Crippen molar-refractivity contribution in [3.8, 4) is 11.6 Å². The summed E-state index contributed by atoms with van der Waals surface area (Å²) in [5.74, 6) is -0.479. The second kappa shape index (κ2) is 7.85. The second-order valence-electron chi connectivity index (χ2n) is 6.38. The van der Waals surface area contributed by atoms with Crippen molar-refractivity contribution in [2.24, 2.45) is 5.10 Å². The number of hydrazone groups is 1. The van der Waals surface area contributed by atoms with Gasteiger partial charge in [0.1, 0.15) is 5.56 Å². The van der Waals surface area contributed by atoms with Gasteiger partial charge in [0.25, 0.3) is 5.56 Å². The van der Waals surface area contributed by atoms with E-state index in [0.29, 0.717) is 5.69 Å². The molecule has 0 spiro atoms. The Morgan fingerprint density at radius 1 is 1.07 bits per heavy atom. The Morgan fingerprint density at radius 3 is 2.43 bits per heavy atom. The molecule has 144 valence electrons. The van der Waals surface area contributed by atoms with Gasteiger partial charge < -0.3 is 5.11 Å². The number of anilines is 1. The van der Waals surface area contributed by atoms with Crippen molar-refractivity contribution in [1.82, 2.24) is 9.55 Å². The number of hydrogen-bond donors (Lipinski definition) is 3. The van der Waals surface area contributed by atoms with Crippen molar-refractivity contribution < 1.29 is 5.11 Å². The Bertz CT molecular complexity index is 1180. The fourth-order valence-electron chi connectivity index (χ4n) is 2.69. The SMILES string of the molecule is Cc1ccc(NN=Cc2c(O)n(-c3ccc(Br)c(C)c3C)c(=O)[nH]c2=O)cc1. The molecule has 3 aromatic rings. The van der Waals surface area contributed by atoms with E-state index >= 15 is 0 Å². The molecule has 8 heteroatoms. The van der Waals surface area contributed by atoms with Gasteiger partial charge in [-0.15, -0.1) is 0 Å². The van der Waals surface area contributed by atoms with Crippen LogP contribution in [0, 0.1) is 20.8 Å². The van der Waals surface area contributed by atoms with Crippen LogP contribution in [0.5, 0.6) is 5.88 Å². The summed E-state index contributed by atoms with van der Waals surface area (Å²) in [4.78, 5) is 26.8. The first-order valence-corrected chi connectivity index (χ1v) is 9.29. The highest BCUT2D eigenvalue weighted by Crippen LogP contribution is 2.26. The average molecular weight is 443 g/mol. The van der Waals surface area contributed by atoms with Gasteiger partial charge >= 0.3 is 5.69 Å². The lowest BCUT2D eigenvalue weighted by molar-refractivity contribution is 0.430. The van der Waals surface area contributed by atoms with E-state index in [-0.39, 0.29) is 5.56 Å². The highest BCUT2D eigenvalue weighted by molar-refractivity contribution is 9.10. The predicted octanol–water partition coefficient (Wildman–Crippen LogP) is 3.37. The van der Waals surface area contributed by atoms with E-state index in [1.165, 1.54) is 6.21 Å². The zero-order chi connectivity index (χ0) is 20.4. The van der Waals surface area contributed by atoms with E-state index in [1.54, 1.807) is 12.1 Å². The molecule has 1 aromatic heterocycles. The smallest absolute Gasteiger partial charge is 0.335 e. The van der Waals surface area contributed by atoms with Gasteiger partial charge in [-0.3, -0.25) is 15.2 Å². The van der Waals surface area contributed by atoms with Crippen LogP contribution in [0.4, 0.5) is 5.69 Å². The topological polar surface area (TPSA) is 99.5 Å². The van der Waals surface area contributed by atoms with Gasteiger partial charge in [-0.1, -0.05) is 33.6 Å². The highest BCUT2D eigenvalue weighted by Gasteiger charge is 2.17. The Balaban J connectivity index is 2.04. The average Bonchev–Trinajstić information content (AvgIpc) is 2.65. The van der Waals surface area contributed by atoms with Crippen molar-refractivity contribution in [3.63, 3.8) is 0 Å². The molecular weight excluding hydrogens is 424 g/mol. The number of nitrogens with zero attached hydrogens (tertiary/aromatic N) is 2. The van der Waals surface area contributed by atoms with Crippen molar-refractivity contribution in [2.75, 3.05) is 5.43 Å². The van der Waals surface area contributed by atoms with Crippen LogP contribution < -0.4 is 16.7 Å². The summed E-state index contributed by atoms with van der Waals surface area (Å²) in [6.45, 7) is 5.70. The first-order valence-electron chi connectivity index (χ1n) is 8.49. The van der Waals surface area contributed by atoms with Crippen LogP contribution in [0.1, 0.15) is 22.3 Å². The molecule has 0 aliphatic carbocycles. The van der Waals surface area contributed by atoms with Crippen LogP contribution in [-0.4, -0.2) is 20.9 Å². The summed E-state index contributed by atoms with van der Waals surface area (Å²) in [5, 5.41) is 14.6. The van der Waals surface area contributed by atoms with Crippen molar-refractivity contribution in [2.45, 2.75) is 20.8 Å². The number of aromatic nitrogens is 2. The fraction of sp³-hybridized carbons (Fsp3) is 0.150. The molecule has 0 unspecified atom stereocenters. The molecule has 0 radical (unpaired) electrons. The Morgan fingerprint density at radius 2 is 1.75 bits per heavy atom. The number of nitrogens with one attached hydrogen (secondary N) is 2. The minimum atomic E-state index is -0.726. The van der Waals surface area contributed by atoms with Crippen LogP contribution in [0.25, 0.3) is 5.69 Å². The lowest BCUT2D eigenvalue weighted by Gasteiger charge is -2.14. The monoisotopic (exact) mass is 442 g/mol. The highest BCUT2D eigenvalue weighted by atomic mass is 79.9. The van der Waals surface area contributed by atoms with Gasteiger partial charge in [0.05, 0.1) is 17.6 Å². The fourth-order valence-corrected chi connectivity index (χ4v) is 3.12. The lowest BCUT2D eigenvalue weighted by atomic mass is 10.1. The zero-order valence-corrected chi connectivity index (χ0v) is 17.2. The number of aromatic hydroxyl groups is 1. The number of hydrogen-bond acceptors (Lipinski definition) is 5. The van der Waals surface area contributed by atoms with Gasteiger partial charge in [0.2, 0.25) is 5.88 Å². The Labute approximate surface area is 169 Å². The molecule has 0 fully saturated rings. The number of H-pyrrole nitrogens is 1. The quantitative estimate of drug-likeness (QED) is 0.425. The minimum Gasteiger partial charge on any atom is -0.493 e. The lowest BCUT2D eigenvalue weighted by Crippen LogP contribution is -2.31. The van der Waals surface area contributed by atoms with E-state index < -0.39 is 17.1 Å². The number of halogens is 1. The molecule has 0 atom stereocenters. The number of aromatic amines is 1. The first kappa shape index (κ1) is 19.6. The van der Waals surface area contributed by atoms with Gasteiger partial charge in [-0.25, -0.2) is 9.36 Å². The Kier molecular flexibility index (Phi) is 5.51. The first-order chi connectivity index (χ1) is 13.3. The largest absolute Gasteiger partial charge is 0.493 e. The third kappa shape index (κ3) is 3.77. The van der Waals surface area contributed by atoms with Gasteiger partial charge in [-0.2, -0.15) is 5.10 Å². The molecule has 0 saturated carbocycles. The molecule has 0 aliphatic rings. The van der Waals surface area contributed by atoms with Crippen molar-refractivity contribution >= 4 is 27.8 Å². The van der Waals surface area contributed by atoms with E-state index in [0.717, 1.165) is 31.4 Å². The van der Waals surface area contributed by atoms with E-state index in [2.05, 4.69) is 31.4 Å². The molecule has 1 heterocycles. The van der Waals surface area contributed by atoms with Crippen LogP contribution in [-0.2, 0) is 0 Å². The van der Waals surface area contributed by atoms with Crippen LogP contribution in [0.3, 0.4) is 0 Å². The van der Waals surface area contributed by atoms with Crippen LogP contribution >= 0.6 is 15.9 Å². The maximum atomic E-state index is 12.4. The van der Waals surface area contributed by atoms with E-state index in [4.69, 9.17) is 0 Å². The summed E-state index contributed by atoms with van der Waals surface area (Å²) < 4.78 is 1.94. The van der Waals surface area contributed by atoms with Crippen molar-refractivity contribution in [3.05, 3.63) is 84.0 Å². The standard InChI is InChI=1S/C20H19BrN4O3/c1-11-4-6-14(7-5-11)24-22-10-15-18(26)23-20(28)25(19(15)27)17-9-8-16(21)12(2)13(17)3/h4-10,24,27H,1-3H3,(H,23,26,28). The van der Waals surface area contributed by atoms with Crippen LogP contribution in [0.15, 0.2) is 55.6 Å². The maximum absolute atomic E-state index is 12.4. The third-order valence-corrected chi connectivity index (χ3v) is 5.35. The molecule has 3 rings (SSSR count). The summed E-state index contributed by atoms with van der Waals surface area (Å²) in [5.41, 5.74) is 5.24. The molecule has 0 aliphatic heterocycles. The molecule has 0 amide bonds. The normalized spacial score (nSPS) is 11.1. The summed E-state index contributed by atoms with van der Waals surface area (Å²) >= 11 is 3.44. The van der Waals surface area contributed by atoms with Gasteiger partial charge in [0.15, 0.2) is 0 Å². The molecule has 28 heavy (non-hydrogen) atoms. The number of benzene rings is 2. The van der Waals surface area contributed by atoms with Crippen LogP contribution in [0.2, 0.25) is 0 Å². The Hall–Kier alpha value is -3.13. The second-order valence-corrected chi connectivity index (χ2v) is 7.24. The summed E-state index contributed by atoms with van der Waals surface area (Å²) in [6, 6.07) is 11.0. The minimum absolute atomic E-state index is 0.126. The molecule has 3 N–H and O–H groups in total. The summed E-state index contributed by atoms with van der Waals surface area (Å²) in [6.07, 6.45) is 1.19. The van der Waals surface area contributed by atoms with Crippen molar-refractivity contribution in [1.29, 1.82) is 0 Å². The van der Waals surface area contributed by atoms with E-state index in [9.17, 15) is 14.7 Å². The summed E-state index contributed by atoms with van der Waals surface area (Å²) in [7, 11) is 0. The van der Waals surface area contributed by atoms with Gasteiger partial charge in [-0.05, 0) is 56.2 Å².